The number of halogens is 3. The van der Waals surface area contributed by atoms with Crippen molar-refractivity contribution in [1.82, 2.24) is 4.90 Å². The molecule has 0 aromatic rings. The number of hydrogen-bond donors (Lipinski definition) is 1. The van der Waals surface area contributed by atoms with Crippen LogP contribution in [0.3, 0.4) is 0 Å². The maximum atomic E-state index is 12.2. The topological polar surface area (TPSA) is 46.3 Å². The predicted octanol–water partition coefficient (Wildman–Crippen LogP) is 1.13. The third-order valence-electron chi connectivity index (χ3n) is 2.41. The summed E-state index contributed by atoms with van der Waals surface area (Å²) in [6.07, 6.45) is -3.85. The summed E-state index contributed by atoms with van der Waals surface area (Å²) in [5.41, 5.74) is 5.44. The Balaban J connectivity index is 2.62. The number of carbonyl (C=O) groups excluding carboxylic acids is 1. The minimum Gasteiger partial charge on any atom is -0.331 e. The molecule has 0 saturated heterocycles. The van der Waals surface area contributed by atoms with Crippen LogP contribution in [-0.2, 0) is 4.79 Å². The van der Waals surface area contributed by atoms with Gasteiger partial charge >= 0.3 is 6.18 Å². The Morgan fingerprint density at radius 1 is 1.53 bits per heavy atom. The van der Waals surface area contributed by atoms with Gasteiger partial charge in [0.05, 0.1) is 5.92 Å². The van der Waals surface area contributed by atoms with Crippen molar-refractivity contribution in [1.29, 1.82) is 0 Å². The lowest BCUT2D eigenvalue weighted by atomic mass is 10.2. The SMILES string of the molecule is CC(C)N(CC(F)(F)F)C(=O)C1CC1N. The molecule has 0 aliphatic heterocycles. The highest BCUT2D eigenvalue weighted by Gasteiger charge is 2.45. The molecule has 1 rings (SSSR count). The molecule has 0 aromatic carbocycles. The molecule has 6 heteroatoms. The van der Waals surface area contributed by atoms with Crippen LogP contribution in [0.1, 0.15) is 20.3 Å². The molecular weight excluding hydrogens is 209 g/mol. The summed E-state index contributed by atoms with van der Waals surface area (Å²) < 4.78 is 36.5. The van der Waals surface area contributed by atoms with Crippen molar-refractivity contribution < 1.29 is 18.0 Å². The second kappa shape index (κ2) is 4.00. The van der Waals surface area contributed by atoms with Gasteiger partial charge in [0.25, 0.3) is 0 Å². The van der Waals surface area contributed by atoms with Crippen LogP contribution in [0, 0.1) is 5.92 Å². The van der Waals surface area contributed by atoms with Crippen LogP contribution in [0.25, 0.3) is 0 Å². The molecular formula is C9H15F3N2O. The quantitative estimate of drug-likeness (QED) is 0.781. The Labute approximate surface area is 86.4 Å². The summed E-state index contributed by atoms with van der Waals surface area (Å²) in [5, 5.41) is 0. The van der Waals surface area contributed by atoms with Gasteiger partial charge in [-0.25, -0.2) is 0 Å². The van der Waals surface area contributed by atoms with Gasteiger partial charge in [-0.2, -0.15) is 13.2 Å². The average Bonchev–Trinajstić information content (AvgIpc) is 2.75. The van der Waals surface area contributed by atoms with E-state index in [9.17, 15) is 18.0 Å². The number of carbonyl (C=O) groups is 1. The van der Waals surface area contributed by atoms with Crippen molar-refractivity contribution in [3.63, 3.8) is 0 Å². The van der Waals surface area contributed by atoms with Gasteiger partial charge in [-0.3, -0.25) is 4.79 Å². The number of nitrogens with two attached hydrogens (primary N) is 1. The van der Waals surface area contributed by atoms with Crippen LogP contribution in [0.15, 0.2) is 0 Å². The highest BCUT2D eigenvalue weighted by Crippen LogP contribution is 2.31. The van der Waals surface area contributed by atoms with E-state index in [4.69, 9.17) is 5.73 Å². The zero-order valence-corrected chi connectivity index (χ0v) is 8.71. The third-order valence-corrected chi connectivity index (χ3v) is 2.41. The van der Waals surface area contributed by atoms with E-state index in [2.05, 4.69) is 0 Å². The minimum atomic E-state index is -4.35. The lowest BCUT2D eigenvalue weighted by Gasteiger charge is -2.27. The first-order chi connectivity index (χ1) is 6.72. The van der Waals surface area contributed by atoms with Gasteiger partial charge in [0, 0.05) is 12.1 Å². The van der Waals surface area contributed by atoms with Crippen LogP contribution < -0.4 is 5.73 Å². The molecule has 2 N–H and O–H groups in total. The predicted molar refractivity (Wildman–Crippen MR) is 49.0 cm³/mol. The number of nitrogens with zero attached hydrogens (tertiary/aromatic N) is 1. The van der Waals surface area contributed by atoms with Gasteiger partial charge in [-0.1, -0.05) is 0 Å². The first kappa shape index (κ1) is 12.3. The number of rotatable bonds is 3. The highest BCUT2D eigenvalue weighted by atomic mass is 19.4. The summed E-state index contributed by atoms with van der Waals surface area (Å²) in [6, 6.07) is -0.709. The molecule has 1 fully saturated rings. The molecule has 2 atom stereocenters. The molecule has 0 aromatic heterocycles. The van der Waals surface area contributed by atoms with Crippen molar-refractivity contribution in [3.05, 3.63) is 0 Å². The van der Waals surface area contributed by atoms with Crippen molar-refractivity contribution in [3.8, 4) is 0 Å². The monoisotopic (exact) mass is 224 g/mol. The second-order valence-corrected chi connectivity index (χ2v) is 4.18. The minimum absolute atomic E-state index is 0.257. The molecule has 1 aliphatic rings. The van der Waals surface area contributed by atoms with Crippen LogP contribution in [-0.4, -0.2) is 35.6 Å². The van der Waals surface area contributed by atoms with E-state index in [1.54, 1.807) is 13.8 Å². The molecule has 2 unspecified atom stereocenters. The van der Waals surface area contributed by atoms with Crippen molar-refractivity contribution in [2.75, 3.05) is 6.54 Å². The smallest absolute Gasteiger partial charge is 0.331 e. The summed E-state index contributed by atoms with van der Waals surface area (Å²) in [4.78, 5) is 12.4. The molecule has 0 bridgehead atoms. The largest absolute Gasteiger partial charge is 0.406 e. The van der Waals surface area contributed by atoms with Crippen molar-refractivity contribution in [2.45, 2.75) is 38.5 Å². The van der Waals surface area contributed by atoms with Crippen LogP contribution in [0.4, 0.5) is 13.2 Å². The molecule has 1 aliphatic carbocycles. The zero-order valence-electron chi connectivity index (χ0n) is 8.71. The third kappa shape index (κ3) is 3.37. The average molecular weight is 224 g/mol. The second-order valence-electron chi connectivity index (χ2n) is 4.18. The normalized spacial score (nSPS) is 25.5. The van der Waals surface area contributed by atoms with E-state index >= 15 is 0 Å². The van der Waals surface area contributed by atoms with E-state index in [1.165, 1.54) is 0 Å². The number of amides is 1. The van der Waals surface area contributed by atoms with Crippen molar-refractivity contribution >= 4 is 5.91 Å². The lowest BCUT2D eigenvalue weighted by molar-refractivity contribution is -0.165. The summed E-state index contributed by atoms with van der Waals surface area (Å²) >= 11 is 0. The van der Waals surface area contributed by atoms with Gasteiger partial charge in [0.1, 0.15) is 6.54 Å². The van der Waals surface area contributed by atoms with Crippen molar-refractivity contribution in [2.24, 2.45) is 11.7 Å². The van der Waals surface area contributed by atoms with E-state index < -0.39 is 30.6 Å². The first-order valence-corrected chi connectivity index (χ1v) is 4.85. The molecule has 0 radical (unpaired) electrons. The van der Waals surface area contributed by atoms with E-state index in [0.717, 1.165) is 4.90 Å². The van der Waals surface area contributed by atoms with Crippen LogP contribution >= 0.6 is 0 Å². The number of hydrogen-bond acceptors (Lipinski definition) is 2. The van der Waals surface area contributed by atoms with Crippen LogP contribution in [0.5, 0.6) is 0 Å². The van der Waals surface area contributed by atoms with Gasteiger partial charge in [-0.05, 0) is 20.3 Å². The fourth-order valence-corrected chi connectivity index (χ4v) is 1.42. The molecule has 0 spiro atoms. The summed E-state index contributed by atoms with van der Waals surface area (Å²) in [6.45, 7) is 1.95. The fourth-order valence-electron chi connectivity index (χ4n) is 1.42. The Kier molecular flexibility index (Phi) is 3.28. The maximum Gasteiger partial charge on any atom is 0.406 e. The molecule has 0 heterocycles. The van der Waals surface area contributed by atoms with E-state index in [0.29, 0.717) is 6.42 Å². The molecule has 15 heavy (non-hydrogen) atoms. The highest BCUT2D eigenvalue weighted by molar-refractivity contribution is 5.82. The maximum absolute atomic E-state index is 12.2. The van der Waals surface area contributed by atoms with Gasteiger partial charge < -0.3 is 10.6 Å². The van der Waals surface area contributed by atoms with E-state index in [1.807, 2.05) is 0 Å². The van der Waals surface area contributed by atoms with Gasteiger partial charge in [0.15, 0.2) is 0 Å². The Hall–Kier alpha value is -0.780. The molecule has 1 amide bonds. The van der Waals surface area contributed by atoms with Gasteiger partial charge in [0.2, 0.25) is 5.91 Å². The molecule has 1 saturated carbocycles. The van der Waals surface area contributed by atoms with E-state index in [-0.39, 0.29) is 6.04 Å². The number of alkyl halides is 3. The first-order valence-electron chi connectivity index (χ1n) is 4.85. The summed E-state index contributed by atoms with van der Waals surface area (Å²) in [5.74, 6) is -0.885. The molecule has 3 nitrogen and oxygen atoms in total. The molecule has 88 valence electrons. The van der Waals surface area contributed by atoms with Gasteiger partial charge in [-0.15, -0.1) is 0 Å². The Morgan fingerprint density at radius 2 is 2.00 bits per heavy atom. The van der Waals surface area contributed by atoms with Crippen LogP contribution in [0.2, 0.25) is 0 Å². The fraction of sp³-hybridized carbons (Fsp3) is 0.889. The Bertz CT molecular complexity index is 252. The Morgan fingerprint density at radius 3 is 2.27 bits per heavy atom. The summed E-state index contributed by atoms with van der Waals surface area (Å²) in [7, 11) is 0. The zero-order chi connectivity index (χ0) is 11.8. The standard InChI is InChI=1S/C9H15F3N2O/c1-5(2)14(4-9(10,11)12)8(15)6-3-7(6)13/h5-7H,3-4,13H2,1-2H3. The lowest BCUT2D eigenvalue weighted by Crippen LogP contribution is -2.44.